The minimum absolute atomic E-state index is 0.261. The van der Waals surface area contributed by atoms with E-state index in [4.69, 9.17) is 4.74 Å². The Morgan fingerprint density at radius 1 is 1.40 bits per heavy atom. The predicted octanol–water partition coefficient (Wildman–Crippen LogP) is 2.57. The number of thiophene rings is 1. The van der Waals surface area contributed by atoms with Crippen molar-refractivity contribution in [2.24, 2.45) is 0 Å². The lowest BCUT2D eigenvalue weighted by molar-refractivity contribution is -0.115. The number of rotatable bonds is 1. The molecule has 0 aromatic carbocycles. The summed E-state index contributed by atoms with van der Waals surface area (Å²) >= 11 is 5.88. The second-order valence-electron chi connectivity index (χ2n) is 4.57. The highest BCUT2D eigenvalue weighted by atomic mass is 32.2. The zero-order chi connectivity index (χ0) is 10.5. The van der Waals surface area contributed by atoms with Gasteiger partial charge in [-0.05, 0) is 29.9 Å². The van der Waals surface area contributed by atoms with Crippen LogP contribution in [0, 0.1) is 0 Å². The van der Waals surface area contributed by atoms with E-state index >= 15 is 0 Å². The fourth-order valence-electron chi connectivity index (χ4n) is 2.72. The van der Waals surface area contributed by atoms with E-state index in [0.717, 1.165) is 35.5 Å². The molecule has 2 aliphatic rings. The van der Waals surface area contributed by atoms with E-state index in [-0.39, 0.29) is 12.2 Å². The molecule has 2 atom stereocenters. The number of ether oxygens (including phenoxy) is 1. The van der Waals surface area contributed by atoms with Gasteiger partial charge in [0.15, 0.2) is 0 Å². The molecule has 1 N–H and O–H groups in total. The summed E-state index contributed by atoms with van der Waals surface area (Å²) < 4.78 is 6.71. The lowest BCUT2D eigenvalue weighted by Crippen LogP contribution is -2.38. The summed E-state index contributed by atoms with van der Waals surface area (Å²) in [5.74, 6) is 0. The third kappa shape index (κ3) is 1.73. The molecule has 15 heavy (non-hydrogen) atoms. The largest absolute Gasteiger partial charge is 0.385 e. The molecule has 1 aromatic rings. The fraction of sp³-hybridized carbons (Fsp3) is 0.636. The Labute approximate surface area is 98.7 Å². The van der Waals surface area contributed by atoms with E-state index in [1.54, 1.807) is 11.3 Å². The molecule has 82 valence electrons. The van der Waals surface area contributed by atoms with Crippen molar-refractivity contribution in [2.75, 3.05) is 0 Å². The van der Waals surface area contributed by atoms with Gasteiger partial charge in [0, 0.05) is 12.8 Å². The molecule has 0 radical (unpaired) electrons. The Hall–Kier alpha value is -0.0300. The SMILES string of the molecule is OC1(c2csc(S)c2)CC2CCC(C1)O2. The molecule has 2 bridgehead atoms. The third-order valence-corrected chi connectivity index (χ3v) is 4.63. The standard InChI is InChI=1S/C11H14O2S2/c12-11(7-3-10(14)15-6-7)4-8-1-2-9(5-11)13-8/h3,6,8-9,12,14H,1-2,4-5H2. The zero-order valence-corrected chi connectivity index (χ0v) is 10.1. The van der Waals surface area contributed by atoms with Gasteiger partial charge in [-0.15, -0.1) is 24.0 Å². The van der Waals surface area contributed by atoms with Gasteiger partial charge in [-0.1, -0.05) is 0 Å². The van der Waals surface area contributed by atoms with Gasteiger partial charge in [-0.3, -0.25) is 0 Å². The summed E-state index contributed by atoms with van der Waals surface area (Å²) in [5, 5.41) is 12.7. The smallest absolute Gasteiger partial charge is 0.0954 e. The molecule has 2 aliphatic heterocycles. The van der Waals surface area contributed by atoms with Crippen LogP contribution in [0.5, 0.6) is 0 Å². The first-order chi connectivity index (χ1) is 7.16. The Balaban J connectivity index is 1.90. The molecule has 2 fully saturated rings. The van der Waals surface area contributed by atoms with Crippen LogP contribution in [-0.4, -0.2) is 17.3 Å². The van der Waals surface area contributed by atoms with Gasteiger partial charge >= 0.3 is 0 Å². The van der Waals surface area contributed by atoms with Crippen molar-refractivity contribution < 1.29 is 9.84 Å². The van der Waals surface area contributed by atoms with E-state index in [0.29, 0.717) is 0 Å². The quantitative estimate of drug-likeness (QED) is 0.741. The van der Waals surface area contributed by atoms with Gasteiger partial charge in [-0.25, -0.2) is 0 Å². The summed E-state index contributed by atoms with van der Waals surface area (Å²) in [4.78, 5) is 0. The van der Waals surface area contributed by atoms with Crippen LogP contribution in [0.1, 0.15) is 31.2 Å². The normalized spacial score (nSPS) is 39.6. The van der Waals surface area contributed by atoms with Gasteiger partial charge in [-0.2, -0.15) is 0 Å². The van der Waals surface area contributed by atoms with Crippen LogP contribution in [0.15, 0.2) is 15.7 Å². The molecule has 2 nitrogen and oxygen atoms in total. The van der Waals surface area contributed by atoms with Gasteiger partial charge in [0.05, 0.1) is 22.0 Å². The number of hydrogen-bond donors (Lipinski definition) is 2. The second kappa shape index (κ2) is 3.48. The molecule has 2 unspecified atom stereocenters. The number of hydrogen-bond acceptors (Lipinski definition) is 4. The maximum atomic E-state index is 10.6. The highest BCUT2D eigenvalue weighted by Gasteiger charge is 2.44. The molecule has 3 heterocycles. The molecular weight excluding hydrogens is 228 g/mol. The van der Waals surface area contributed by atoms with Crippen LogP contribution in [0.4, 0.5) is 0 Å². The average Bonchev–Trinajstić information content (AvgIpc) is 2.74. The van der Waals surface area contributed by atoms with Crippen molar-refractivity contribution >= 4 is 24.0 Å². The topological polar surface area (TPSA) is 29.5 Å². The fourth-order valence-corrected chi connectivity index (χ4v) is 3.75. The third-order valence-electron chi connectivity index (χ3n) is 3.45. The van der Waals surface area contributed by atoms with Crippen LogP contribution in [0.25, 0.3) is 0 Å². The van der Waals surface area contributed by atoms with Crippen LogP contribution in [-0.2, 0) is 10.3 Å². The monoisotopic (exact) mass is 242 g/mol. The van der Waals surface area contributed by atoms with Crippen LogP contribution < -0.4 is 0 Å². The van der Waals surface area contributed by atoms with Crippen molar-refractivity contribution in [3.05, 3.63) is 17.0 Å². The van der Waals surface area contributed by atoms with E-state index in [1.807, 2.05) is 11.4 Å². The van der Waals surface area contributed by atoms with Gasteiger partial charge < -0.3 is 9.84 Å². The van der Waals surface area contributed by atoms with Crippen LogP contribution in [0.2, 0.25) is 0 Å². The first-order valence-corrected chi connectivity index (χ1v) is 6.64. The summed E-state index contributed by atoms with van der Waals surface area (Å²) in [5.41, 5.74) is 0.361. The van der Waals surface area contributed by atoms with Crippen LogP contribution in [0.3, 0.4) is 0 Å². The molecule has 4 heteroatoms. The Bertz CT molecular complexity index is 362. The van der Waals surface area contributed by atoms with E-state index in [9.17, 15) is 5.11 Å². The molecule has 1 aromatic heterocycles. The first-order valence-electron chi connectivity index (χ1n) is 5.31. The summed E-state index contributed by atoms with van der Waals surface area (Å²) in [6, 6.07) is 1.98. The van der Waals surface area contributed by atoms with Crippen molar-refractivity contribution in [3.8, 4) is 0 Å². The van der Waals surface area contributed by atoms with Crippen molar-refractivity contribution in [2.45, 2.75) is 47.7 Å². The Morgan fingerprint density at radius 3 is 2.60 bits per heavy atom. The number of thiol groups is 1. The highest BCUT2D eigenvalue weighted by Crippen LogP contribution is 2.45. The first kappa shape index (κ1) is 10.1. The number of aliphatic hydroxyl groups is 1. The minimum Gasteiger partial charge on any atom is -0.385 e. The predicted molar refractivity (Wildman–Crippen MR) is 62.6 cm³/mol. The summed E-state index contributed by atoms with van der Waals surface area (Å²) in [6.45, 7) is 0. The summed E-state index contributed by atoms with van der Waals surface area (Å²) in [7, 11) is 0. The molecule has 0 aliphatic carbocycles. The lowest BCUT2D eigenvalue weighted by atomic mass is 9.85. The molecular formula is C11H14O2S2. The molecule has 2 saturated heterocycles. The lowest BCUT2D eigenvalue weighted by Gasteiger charge is -2.36. The van der Waals surface area contributed by atoms with Gasteiger partial charge in [0.2, 0.25) is 0 Å². The summed E-state index contributed by atoms with van der Waals surface area (Å²) in [6.07, 6.45) is 4.21. The molecule has 0 saturated carbocycles. The van der Waals surface area contributed by atoms with E-state index in [1.165, 1.54) is 0 Å². The van der Waals surface area contributed by atoms with Gasteiger partial charge in [0.25, 0.3) is 0 Å². The van der Waals surface area contributed by atoms with Crippen molar-refractivity contribution in [1.29, 1.82) is 0 Å². The van der Waals surface area contributed by atoms with E-state index < -0.39 is 5.60 Å². The van der Waals surface area contributed by atoms with Crippen molar-refractivity contribution in [1.82, 2.24) is 0 Å². The molecule has 0 amide bonds. The highest BCUT2D eigenvalue weighted by molar-refractivity contribution is 7.82. The minimum atomic E-state index is -0.665. The molecule has 3 rings (SSSR count). The maximum absolute atomic E-state index is 10.6. The Morgan fingerprint density at radius 2 is 2.07 bits per heavy atom. The zero-order valence-electron chi connectivity index (χ0n) is 8.35. The maximum Gasteiger partial charge on any atom is 0.0954 e. The number of fused-ring (bicyclic) bond motifs is 2. The van der Waals surface area contributed by atoms with Gasteiger partial charge in [0.1, 0.15) is 0 Å². The Kier molecular flexibility index (Phi) is 2.36. The molecule has 0 spiro atoms. The van der Waals surface area contributed by atoms with E-state index in [2.05, 4.69) is 12.6 Å². The average molecular weight is 242 g/mol. The second-order valence-corrected chi connectivity index (χ2v) is 6.27. The van der Waals surface area contributed by atoms with Crippen molar-refractivity contribution in [3.63, 3.8) is 0 Å². The van der Waals surface area contributed by atoms with Crippen LogP contribution >= 0.6 is 24.0 Å².